The third-order valence-corrected chi connectivity index (χ3v) is 23.5. The van der Waals surface area contributed by atoms with Crippen molar-refractivity contribution in [2.24, 2.45) is 11.8 Å². The standard InChI is InChI=1S/C37H39FN11O13P.C37H39FN11O12P.BH3P/c1-5-37-14-56-25(34(61-37)48-16-42-22-27(40-15-41-28(22)48)44-31(51)19-9-7-6-8-10-19)26(37)62-63(55,57-12-11-39-4)58-13-20-21(38)24(60-36(53)54)33(59-20)49-17-43-23-29(49)45-35(47-32(23)52)46-30(50)18(2)3;1-5-37-14-55-25(34(60-37)48-16-42-22-27(40-15-41-28(22)48)44-31(51)19-9-7-6-8-10-19)26(37)61-62(56-12-11-39-4)57-13-20-21(38)24(59-36(53)54)33(58-20)49-17-43-23-29(49)45-35(47-32(23)52)46-30(50)18(2)3;1-2/h6-10,15-18,20-21,24-26,33-34H,5,11-14H2,1-3H3,(H,53,54)(H,40,41,44,51)(H2,45,46,47,50,52);6-10,15-18,20-21,24-26,33-34H,5,11-14H2,1-3H3,(H,53,54)(H,40,41,44,51)(H2,45,46,47,50,52);1H,2H2/t20-,21-,24-,25-,26+,33-,34-,37+,63?;20-,21-,24-,25-,26+,33-,34-,37+,62?;/m11./s1/i;;1T. The lowest BCUT2D eigenvalue weighted by Crippen LogP contribution is -2.41. The number of carbonyl (C=O) groups is 6. The second-order valence-corrected chi connectivity index (χ2v) is 32.2. The molecule has 6 saturated heterocycles. The lowest BCUT2D eigenvalue weighted by Gasteiger charge is -2.31. The highest BCUT2D eigenvalue weighted by atomic mass is 31.2. The second kappa shape index (κ2) is 39.2. The van der Waals surface area contributed by atoms with Gasteiger partial charge in [0.25, 0.3) is 22.9 Å². The molecule has 4 bridgehead atoms. The fourth-order valence-corrected chi connectivity index (χ4v) is 17.2. The smallest absolute Gasteiger partial charge is 0.450 e. The minimum Gasteiger partial charge on any atom is -0.450 e. The summed E-state index contributed by atoms with van der Waals surface area (Å²) in [5.41, 5.74) is -2.66. The van der Waals surface area contributed by atoms with Crippen molar-refractivity contribution in [2.45, 2.75) is 152 Å². The highest BCUT2D eigenvalue weighted by Gasteiger charge is 2.66. The fraction of sp³-hybridized carbons (Fsp3) is 0.459. The number of rotatable bonds is 32. The summed E-state index contributed by atoms with van der Waals surface area (Å²) in [6.07, 6.45) is -15.4. The number of hydrogen-bond acceptors (Lipinski definition) is 33. The Kier molecular flexibility index (Phi) is 27.8. The van der Waals surface area contributed by atoms with Crippen LogP contribution in [0.5, 0.6) is 0 Å². The maximum absolute atomic E-state index is 16.3. The molecule has 669 valence electrons. The summed E-state index contributed by atoms with van der Waals surface area (Å²) >= 11 is 0. The van der Waals surface area contributed by atoms with E-state index in [1.165, 1.54) is 32.8 Å². The molecular formula is C74H81BF2N22O25P3. The lowest BCUT2D eigenvalue weighted by atomic mass is 9.96. The normalized spacial score (nSPS) is 25.8. The van der Waals surface area contributed by atoms with Crippen molar-refractivity contribution in [3.63, 3.8) is 0 Å². The van der Waals surface area contributed by atoms with Gasteiger partial charge >= 0.3 is 28.7 Å². The Balaban J connectivity index is 0.000000201. The van der Waals surface area contributed by atoms with Crippen LogP contribution in [-0.2, 0) is 79.2 Å². The molecule has 47 nitrogen and oxygen atoms in total. The van der Waals surface area contributed by atoms with E-state index in [0.29, 0.717) is 28.7 Å². The Bertz CT molecular complexity index is 6020. The predicted molar refractivity (Wildman–Crippen MR) is 440 cm³/mol. The topological polar surface area (TPSA) is 560 Å². The first-order valence-electron chi connectivity index (χ1n) is 39.6. The minimum absolute atomic E-state index is 0.00976. The molecule has 0 saturated carbocycles. The predicted octanol–water partition coefficient (Wildman–Crippen LogP) is 7.05. The molecule has 127 heavy (non-hydrogen) atoms. The lowest BCUT2D eigenvalue weighted by molar-refractivity contribution is -0.173. The molecular weight excluding hydrogens is 1740 g/mol. The van der Waals surface area contributed by atoms with E-state index in [4.69, 9.17) is 79.5 Å². The maximum atomic E-state index is 16.3. The number of carbonyl (C=O) groups excluding carboxylic acids is 4. The van der Waals surface area contributed by atoms with Gasteiger partial charge in [-0.25, -0.2) is 76.0 Å². The molecule has 0 aliphatic carbocycles. The van der Waals surface area contributed by atoms with E-state index < -0.39 is 192 Å². The minimum atomic E-state index is -4.80. The van der Waals surface area contributed by atoms with Crippen LogP contribution >= 0.6 is 25.5 Å². The van der Waals surface area contributed by atoms with Crippen molar-refractivity contribution in [1.82, 2.24) is 78.1 Å². The van der Waals surface area contributed by atoms with Gasteiger partial charge in [0.05, 0.1) is 51.7 Å². The molecule has 14 heterocycles. The van der Waals surface area contributed by atoms with Gasteiger partial charge in [-0.15, -0.1) is 0 Å². The number of hydrogen-bond donors (Lipinski definition) is 8. The molecule has 3 unspecified atom stereocenters. The molecule has 6 aliphatic rings. The number of nitrogens with zero attached hydrogens (tertiary/aromatic N) is 16. The second-order valence-electron chi connectivity index (χ2n) is 29.4. The summed E-state index contributed by atoms with van der Waals surface area (Å²) in [6, 6.07) is 17.1. The zero-order chi connectivity index (χ0) is 91.0. The molecule has 6 fully saturated rings. The number of carboxylic acid groups (broad SMARTS) is 2. The summed E-state index contributed by atoms with van der Waals surface area (Å²) in [5.74, 6) is -2.86. The Hall–Kier alpha value is -11.8. The largest absolute Gasteiger partial charge is 0.506 e. The zero-order valence-electron chi connectivity index (χ0n) is 68.8. The SMILES string of the molecule is [3H][B]P.[C-]#[N+]CCOP(=O)(OC[C@H]1O[C@@H](n2cnc3c(=O)[nH]c(NC(=O)C(C)C)nc32)[C@H](OC(=O)O)[C@@H]1F)O[C@H]1[C@H]2OC[C@]1(CC)O[C@H]2n1cnc2c(NC(=O)c3ccccc3)ncnc21.[C-]#[N+]CCOP(OC[C@H]1O[C@@H](n2cnc3c(=O)[nH]c(NC(=O)C(C)C)nc32)[C@H](OC(=O)O)[C@@H]1F)O[C@H]1[C@H]2OC[C@]1(CC)O[C@H]2n1cnc2c(NC(=O)c3ccccc3)ncnc21. The van der Waals surface area contributed by atoms with Gasteiger partial charge in [0, 0.05) is 23.0 Å². The number of nitrogens with one attached hydrogen (secondary N) is 6. The highest BCUT2D eigenvalue weighted by Crippen LogP contribution is 2.60. The Morgan fingerprint density at radius 1 is 0.614 bits per heavy atom. The van der Waals surface area contributed by atoms with E-state index in [1.807, 2.05) is 6.92 Å². The average molecular weight is 1820 g/mol. The first-order chi connectivity index (χ1) is 61.6. The number of aromatic nitrogens is 16. The van der Waals surface area contributed by atoms with Gasteiger partial charge in [-0.05, 0) is 38.4 Å². The third kappa shape index (κ3) is 19.0. The maximum Gasteiger partial charge on any atom is 0.506 e. The van der Waals surface area contributed by atoms with E-state index in [-0.39, 0.29) is 96.4 Å². The monoisotopic (exact) mass is 1820 g/mol. The first kappa shape index (κ1) is 90.0. The molecule has 10 aromatic rings. The van der Waals surface area contributed by atoms with Crippen LogP contribution < -0.4 is 32.4 Å². The summed E-state index contributed by atoms with van der Waals surface area (Å²) in [4.78, 5) is 154. The Labute approximate surface area is 721 Å². The van der Waals surface area contributed by atoms with Crippen molar-refractivity contribution >= 4 is 137 Å². The number of anilines is 4. The number of benzene rings is 2. The Morgan fingerprint density at radius 3 is 1.48 bits per heavy atom. The van der Waals surface area contributed by atoms with E-state index in [2.05, 4.69) is 99.9 Å². The van der Waals surface area contributed by atoms with E-state index in [0.717, 1.165) is 21.8 Å². The first-order valence-corrected chi connectivity index (χ1v) is 42.3. The van der Waals surface area contributed by atoms with Crippen LogP contribution in [-0.4, -0.2) is 258 Å². The quantitative estimate of drug-likeness (QED) is 0.00688. The number of aromatic amines is 2. The molecule has 6 aliphatic heterocycles. The van der Waals surface area contributed by atoms with Gasteiger partial charge in [0.1, 0.15) is 81.2 Å². The van der Waals surface area contributed by atoms with Crippen molar-refractivity contribution in [3.05, 3.63) is 153 Å². The molecule has 16 rings (SSSR count). The molecule has 0 spiro atoms. The van der Waals surface area contributed by atoms with Gasteiger partial charge < -0.3 is 82.0 Å². The number of H-pyrrole nitrogens is 2. The molecule has 8 N–H and O–H groups in total. The molecule has 53 heteroatoms. The van der Waals surface area contributed by atoms with Gasteiger partial charge in [0.15, 0.2) is 106 Å². The molecule has 1 radical (unpaired) electrons. The van der Waals surface area contributed by atoms with Crippen LogP contribution in [0.3, 0.4) is 0 Å². The number of ether oxygens (including phenoxy) is 8. The van der Waals surface area contributed by atoms with Crippen LogP contribution in [0, 0.1) is 25.0 Å². The van der Waals surface area contributed by atoms with Crippen molar-refractivity contribution in [1.29, 1.82) is 1.34 Å². The van der Waals surface area contributed by atoms with Crippen molar-refractivity contribution in [2.75, 3.05) is 74.0 Å². The van der Waals surface area contributed by atoms with Crippen LogP contribution in [0.2, 0.25) is 0 Å². The van der Waals surface area contributed by atoms with E-state index in [1.54, 1.807) is 104 Å². The average Bonchev–Trinajstić information content (AvgIpc) is 1.57. The molecule has 2 aromatic carbocycles. The molecule has 4 amide bonds. The van der Waals surface area contributed by atoms with Crippen LogP contribution in [0.4, 0.5) is 41.9 Å². The van der Waals surface area contributed by atoms with Crippen LogP contribution in [0.15, 0.2) is 108 Å². The van der Waals surface area contributed by atoms with Gasteiger partial charge in [-0.2, -0.15) is 19.1 Å². The fourth-order valence-electron chi connectivity index (χ4n) is 14.5. The number of imidazole rings is 4. The number of alkyl halides is 2. The third-order valence-electron chi connectivity index (χ3n) is 20.9. The summed E-state index contributed by atoms with van der Waals surface area (Å²) < 4.78 is 142. The number of halogens is 2. The van der Waals surface area contributed by atoms with Crippen LogP contribution in [0.25, 0.3) is 54.3 Å². The number of amides is 4. The highest BCUT2D eigenvalue weighted by molar-refractivity contribution is 7.50. The van der Waals surface area contributed by atoms with Gasteiger partial charge in [-0.1, -0.05) is 77.9 Å². The number of phosphoric ester groups is 1. The molecule has 8 aromatic heterocycles. The van der Waals surface area contributed by atoms with Crippen molar-refractivity contribution in [3.8, 4) is 0 Å². The van der Waals surface area contributed by atoms with Gasteiger partial charge in [-0.3, -0.25) is 81.2 Å². The summed E-state index contributed by atoms with van der Waals surface area (Å²) in [5, 5.41) is 29.6. The zero-order valence-corrected chi connectivity index (χ0v) is 70.7. The number of fused-ring (bicyclic) bond motifs is 8. The molecule has 19 atom stereocenters. The van der Waals surface area contributed by atoms with E-state index in [9.17, 15) is 53.1 Å². The van der Waals surface area contributed by atoms with Crippen molar-refractivity contribution < 1.29 is 117 Å². The van der Waals surface area contributed by atoms with Crippen LogP contribution in [0.1, 0.15) is 100 Å². The number of phosphoric acid groups is 1. The summed E-state index contributed by atoms with van der Waals surface area (Å²) in [6.45, 7) is 22.5. The van der Waals surface area contributed by atoms with Gasteiger partial charge in [0.2, 0.25) is 36.8 Å². The van der Waals surface area contributed by atoms with E-state index >= 15 is 8.78 Å². The summed E-state index contributed by atoms with van der Waals surface area (Å²) in [7, 11) is -3.89. The Morgan fingerprint density at radius 2 is 1.04 bits per heavy atom.